The van der Waals surface area contributed by atoms with Crippen molar-refractivity contribution >= 4 is 21.7 Å². The molecule has 4 nitrogen and oxygen atoms in total. The Morgan fingerprint density at radius 3 is 2.89 bits per heavy atom. The molecule has 0 bridgehead atoms. The molecule has 0 spiro atoms. The molecule has 0 aromatic carbocycles. The summed E-state index contributed by atoms with van der Waals surface area (Å²) in [7, 11) is 0. The van der Waals surface area contributed by atoms with Crippen LogP contribution in [0.4, 0.5) is 5.82 Å². The van der Waals surface area contributed by atoms with E-state index in [-0.39, 0.29) is 12.2 Å². The Balaban J connectivity index is 2.17. The summed E-state index contributed by atoms with van der Waals surface area (Å²) >= 11 is 3.49. The van der Waals surface area contributed by atoms with Gasteiger partial charge in [-0.15, -0.1) is 0 Å². The van der Waals surface area contributed by atoms with Gasteiger partial charge in [0.25, 0.3) is 0 Å². The zero-order chi connectivity index (χ0) is 13.1. The molecule has 5 heteroatoms. The standard InChI is InChI=1S/C13H20BrN3O/c1-9(2)12-4-13(16-8-15-12)17-6-10(3)18-11(5-14)7-17/h4,8-11H,5-7H2,1-3H3. The van der Waals surface area contributed by atoms with E-state index >= 15 is 0 Å². The molecular formula is C13H20BrN3O. The molecule has 1 aliphatic heterocycles. The van der Waals surface area contributed by atoms with Crippen LogP contribution in [-0.2, 0) is 4.74 Å². The van der Waals surface area contributed by atoms with Gasteiger partial charge in [0.1, 0.15) is 12.1 Å². The summed E-state index contributed by atoms with van der Waals surface area (Å²) < 4.78 is 5.83. The van der Waals surface area contributed by atoms with E-state index in [0.717, 1.165) is 29.9 Å². The third-order valence-corrected chi connectivity index (χ3v) is 3.81. The van der Waals surface area contributed by atoms with Crippen LogP contribution in [0.5, 0.6) is 0 Å². The highest BCUT2D eigenvalue weighted by Gasteiger charge is 2.25. The predicted molar refractivity (Wildman–Crippen MR) is 76.5 cm³/mol. The lowest BCUT2D eigenvalue weighted by Crippen LogP contribution is -2.47. The summed E-state index contributed by atoms with van der Waals surface area (Å²) in [4.78, 5) is 11.0. The number of rotatable bonds is 3. The topological polar surface area (TPSA) is 38.2 Å². The number of aromatic nitrogens is 2. The maximum Gasteiger partial charge on any atom is 0.132 e. The van der Waals surface area contributed by atoms with Gasteiger partial charge in [-0.25, -0.2) is 9.97 Å². The molecule has 2 atom stereocenters. The van der Waals surface area contributed by atoms with E-state index < -0.39 is 0 Å². The molecule has 0 saturated carbocycles. The monoisotopic (exact) mass is 313 g/mol. The zero-order valence-electron chi connectivity index (χ0n) is 11.1. The highest BCUT2D eigenvalue weighted by molar-refractivity contribution is 9.09. The summed E-state index contributed by atoms with van der Waals surface area (Å²) in [6.07, 6.45) is 2.12. The SMILES string of the molecule is CC1CN(c2cc(C(C)C)ncn2)CC(CBr)O1. The van der Waals surface area contributed by atoms with Gasteiger partial charge in [-0.1, -0.05) is 29.8 Å². The lowest BCUT2D eigenvalue weighted by atomic mass is 10.1. The first-order valence-electron chi connectivity index (χ1n) is 6.38. The van der Waals surface area contributed by atoms with Crippen molar-refractivity contribution in [1.82, 2.24) is 9.97 Å². The van der Waals surface area contributed by atoms with Crippen molar-refractivity contribution in [2.24, 2.45) is 0 Å². The van der Waals surface area contributed by atoms with Crippen molar-refractivity contribution in [3.05, 3.63) is 18.1 Å². The number of halogens is 1. The maximum absolute atomic E-state index is 5.83. The van der Waals surface area contributed by atoms with Crippen LogP contribution < -0.4 is 4.90 Å². The number of hydrogen-bond donors (Lipinski definition) is 0. The Bertz CT molecular complexity index is 400. The van der Waals surface area contributed by atoms with E-state index in [4.69, 9.17) is 4.74 Å². The molecule has 2 unspecified atom stereocenters. The molecule has 1 aliphatic rings. The van der Waals surface area contributed by atoms with Crippen molar-refractivity contribution in [1.29, 1.82) is 0 Å². The van der Waals surface area contributed by atoms with Gasteiger partial charge < -0.3 is 9.64 Å². The minimum Gasteiger partial charge on any atom is -0.371 e. The van der Waals surface area contributed by atoms with Crippen LogP contribution in [-0.4, -0.2) is 40.6 Å². The highest BCUT2D eigenvalue weighted by Crippen LogP contribution is 2.21. The first-order chi connectivity index (χ1) is 8.60. The molecule has 1 aromatic rings. The second kappa shape index (κ2) is 5.97. The van der Waals surface area contributed by atoms with Crippen molar-refractivity contribution < 1.29 is 4.74 Å². The van der Waals surface area contributed by atoms with Gasteiger partial charge in [-0.2, -0.15) is 0 Å². The molecular weight excluding hydrogens is 294 g/mol. The van der Waals surface area contributed by atoms with Gasteiger partial charge in [0, 0.05) is 30.2 Å². The highest BCUT2D eigenvalue weighted by atomic mass is 79.9. The Morgan fingerprint density at radius 2 is 2.22 bits per heavy atom. The Kier molecular flexibility index (Phi) is 4.56. The first kappa shape index (κ1) is 13.7. The molecule has 0 N–H and O–H groups in total. The molecule has 1 fully saturated rings. The third kappa shape index (κ3) is 3.20. The predicted octanol–water partition coefficient (Wildman–Crippen LogP) is 2.59. The van der Waals surface area contributed by atoms with Crippen LogP contribution >= 0.6 is 15.9 Å². The minimum atomic E-state index is 0.228. The third-order valence-electron chi connectivity index (χ3n) is 3.09. The Labute approximate surface area is 117 Å². The quantitative estimate of drug-likeness (QED) is 0.804. The summed E-state index contributed by atoms with van der Waals surface area (Å²) in [5, 5.41) is 0.857. The van der Waals surface area contributed by atoms with Crippen molar-refractivity contribution in [3.8, 4) is 0 Å². The first-order valence-corrected chi connectivity index (χ1v) is 7.50. The van der Waals surface area contributed by atoms with Gasteiger partial charge in [0.2, 0.25) is 0 Å². The van der Waals surface area contributed by atoms with Crippen molar-refractivity contribution in [2.75, 3.05) is 23.3 Å². The van der Waals surface area contributed by atoms with Crippen molar-refractivity contribution in [3.63, 3.8) is 0 Å². The van der Waals surface area contributed by atoms with Gasteiger partial charge in [-0.05, 0) is 12.8 Å². The molecule has 1 aromatic heterocycles. The Hall–Kier alpha value is -0.680. The molecule has 100 valence electrons. The number of alkyl halides is 1. The summed E-state index contributed by atoms with van der Waals surface area (Å²) in [6, 6.07) is 2.09. The average Bonchev–Trinajstić information content (AvgIpc) is 2.38. The molecule has 18 heavy (non-hydrogen) atoms. The van der Waals surface area contributed by atoms with E-state index in [1.165, 1.54) is 0 Å². The van der Waals surface area contributed by atoms with Gasteiger partial charge >= 0.3 is 0 Å². The fraction of sp³-hybridized carbons (Fsp3) is 0.692. The summed E-state index contributed by atoms with van der Waals surface area (Å²) in [5.41, 5.74) is 1.09. The molecule has 1 saturated heterocycles. The van der Waals surface area contributed by atoms with Gasteiger partial charge in [0.05, 0.1) is 12.2 Å². The van der Waals surface area contributed by atoms with E-state index in [1.54, 1.807) is 6.33 Å². The number of anilines is 1. The van der Waals surface area contributed by atoms with Crippen molar-refractivity contribution in [2.45, 2.75) is 38.9 Å². The number of morpholine rings is 1. The molecule has 2 rings (SSSR count). The molecule has 2 heterocycles. The Morgan fingerprint density at radius 1 is 1.44 bits per heavy atom. The summed E-state index contributed by atoms with van der Waals surface area (Å²) in [6.45, 7) is 8.17. The number of ether oxygens (including phenoxy) is 1. The molecule has 0 aliphatic carbocycles. The van der Waals surface area contributed by atoms with E-state index in [0.29, 0.717) is 5.92 Å². The number of nitrogens with zero attached hydrogens (tertiary/aromatic N) is 3. The number of hydrogen-bond acceptors (Lipinski definition) is 4. The largest absolute Gasteiger partial charge is 0.371 e. The lowest BCUT2D eigenvalue weighted by Gasteiger charge is -2.37. The van der Waals surface area contributed by atoms with Gasteiger partial charge in [-0.3, -0.25) is 0 Å². The second-order valence-corrected chi connectivity index (χ2v) is 5.73. The maximum atomic E-state index is 5.83. The van der Waals surface area contributed by atoms with Gasteiger partial charge in [0.15, 0.2) is 0 Å². The minimum absolute atomic E-state index is 0.228. The average molecular weight is 314 g/mol. The normalized spacial score (nSPS) is 24.6. The smallest absolute Gasteiger partial charge is 0.132 e. The van der Waals surface area contributed by atoms with Crippen LogP contribution in [0.15, 0.2) is 12.4 Å². The van der Waals surface area contributed by atoms with Crippen LogP contribution in [0.2, 0.25) is 0 Å². The van der Waals surface area contributed by atoms with E-state index in [2.05, 4.69) is 57.6 Å². The van der Waals surface area contributed by atoms with Crippen LogP contribution in [0, 0.1) is 0 Å². The molecule has 0 amide bonds. The summed E-state index contributed by atoms with van der Waals surface area (Å²) in [5.74, 6) is 1.44. The fourth-order valence-electron chi connectivity index (χ4n) is 2.17. The van der Waals surface area contributed by atoms with E-state index in [9.17, 15) is 0 Å². The second-order valence-electron chi connectivity index (χ2n) is 5.08. The van der Waals surface area contributed by atoms with Crippen LogP contribution in [0.1, 0.15) is 32.4 Å². The lowest BCUT2D eigenvalue weighted by molar-refractivity contribution is -0.00224. The zero-order valence-corrected chi connectivity index (χ0v) is 12.7. The molecule has 0 radical (unpaired) electrons. The van der Waals surface area contributed by atoms with E-state index in [1.807, 2.05) is 0 Å². The fourth-order valence-corrected chi connectivity index (χ4v) is 2.53. The van der Waals surface area contributed by atoms with Crippen LogP contribution in [0.25, 0.3) is 0 Å². The van der Waals surface area contributed by atoms with Crippen LogP contribution in [0.3, 0.4) is 0 Å².